The van der Waals surface area contributed by atoms with Crippen molar-refractivity contribution in [1.29, 1.82) is 5.26 Å². The Hall–Kier alpha value is -2.81. The summed E-state index contributed by atoms with van der Waals surface area (Å²) in [5, 5.41) is 18.0. The van der Waals surface area contributed by atoms with E-state index in [1.165, 1.54) is 6.08 Å². The molecule has 0 aromatic carbocycles. The summed E-state index contributed by atoms with van der Waals surface area (Å²) in [5.74, 6) is -0.643. The van der Waals surface area contributed by atoms with Crippen LogP contribution in [0.3, 0.4) is 0 Å². The van der Waals surface area contributed by atoms with Crippen LogP contribution in [0.25, 0.3) is 11.7 Å². The van der Waals surface area contributed by atoms with E-state index in [9.17, 15) is 4.79 Å². The number of rotatable bonds is 5. The van der Waals surface area contributed by atoms with Crippen LogP contribution in [0, 0.1) is 24.2 Å². The van der Waals surface area contributed by atoms with Crippen LogP contribution >= 0.6 is 0 Å². The molecule has 0 amide bonds. The van der Waals surface area contributed by atoms with Crippen molar-refractivity contribution in [2.24, 2.45) is 5.92 Å². The highest BCUT2D eigenvalue weighted by molar-refractivity contribution is 5.96. The van der Waals surface area contributed by atoms with Gasteiger partial charge in [-0.3, -0.25) is 4.40 Å². The van der Waals surface area contributed by atoms with Gasteiger partial charge in [0.1, 0.15) is 23.0 Å². The molecule has 2 aromatic heterocycles. The predicted octanol–water partition coefficient (Wildman–Crippen LogP) is 2.67. The molecule has 1 N–H and O–H groups in total. The molecular formula is C16H17N3O3. The minimum atomic E-state index is -1.28. The number of fused-ring (bicyclic) bond motifs is 1. The van der Waals surface area contributed by atoms with E-state index in [0.717, 1.165) is 5.69 Å². The van der Waals surface area contributed by atoms with E-state index in [4.69, 9.17) is 15.1 Å². The van der Waals surface area contributed by atoms with Crippen molar-refractivity contribution < 1.29 is 14.6 Å². The molecule has 22 heavy (non-hydrogen) atoms. The fourth-order valence-electron chi connectivity index (χ4n) is 2.02. The average Bonchev–Trinajstić information content (AvgIpc) is 2.81. The van der Waals surface area contributed by atoms with Crippen LogP contribution in [-0.4, -0.2) is 27.1 Å². The lowest BCUT2D eigenvalue weighted by Gasteiger charge is -2.07. The maximum absolute atomic E-state index is 11.1. The summed E-state index contributed by atoms with van der Waals surface area (Å²) in [7, 11) is 0. The molecule has 114 valence electrons. The predicted molar refractivity (Wildman–Crippen MR) is 81.5 cm³/mol. The first kappa shape index (κ1) is 15.6. The first-order valence-corrected chi connectivity index (χ1v) is 6.90. The molecule has 0 bridgehead atoms. The second-order valence-electron chi connectivity index (χ2n) is 5.34. The van der Waals surface area contributed by atoms with Gasteiger partial charge in [0.2, 0.25) is 5.88 Å². The monoisotopic (exact) mass is 299 g/mol. The number of pyridine rings is 1. The SMILES string of the molecule is Cc1cccc2nc(OCC(C)C)c(C=C(C#N)C(=O)O)n12. The van der Waals surface area contributed by atoms with E-state index in [2.05, 4.69) is 4.98 Å². The minimum absolute atomic E-state index is 0.303. The van der Waals surface area contributed by atoms with Crippen LogP contribution in [0.1, 0.15) is 25.2 Å². The van der Waals surface area contributed by atoms with Gasteiger partial charge in [-0.1, -0.05) is 19.9 Å². The highest BCUT2D eigenvalue weighted by Crippen LogP contribution is 2.25. The molecule has 0 aliphatic heterocycles. The lowest BCUT2D eigenvalue weighted by atomic mass is 10.2. The van der Waals surface area contributed by atoms with Gasteiger partial charge >= 0.3 is 5.97 Å². The first-order chi connectivity index (χ1) is 10.4. The second kappa shape index (κ2) is 6.31. The van der Waals surface area contributed by atoms with Gasteiger partial charge in [0, 0.05) is 5.69 Å². The van der Waals surface area contributed by atoms with Crippen molar-refractivity contribution in [3.8, 4) is 11.9 Å². The van der Waals surface area contributed by atoms with Crippen molar-refractivity contribution in [2.45, 2.75) is 20.8 Å². The Morgan fingerprint density at radius 3 is 2.86 bits per heavy atom. The molecule has 0 unspecified atom stereocenters. The fraction of sp³-hybridized carbons (Fsp3) is 0.312. The van der Waals surface area contributed by atoms with E-state index in [1.54, 1.807) is 16.5 Å². The van der Waals surface area contributed by atoms with E-state index in [-0.39, 0.29) is 5.57 Å². The molecule has 0 aliphatic carbocycles. The molecule has 0 aliphatic rings. The van der Waals surface area contributed by atoms with Crippen molar-refractivity contribution >= 4 is 17.7 Å². The van der Waals surface area contributed by atoms with Gasteiger partial charge in [0.05, 0.1) is 6.61 Å². The zero-order valence-corrected chi connectivity index (χ0v) is 12.7. The summed E-state index contributed by atoms with van der Waals surface area (Å²) in [6.45, 7) is 6.35. The van der Waals surface area contributed by atoms with Gasteiger partial charge in [-0.05, 0) is 31.1 Å². The lowest BCUT2D eigenvalue weighted by Crippen LogP contribution is -2.06. The van der Waals surface area contributed by atoms with E-state index < -0.39 is 5.97 Å². The molecule has 0 atom stereocenters. The number of carboxylic acids is 1. The molecule has 2 rings (SSSR count). The van der Waals surface area contributed by atoms with Crippen molar-refractivity contribution in [3.05, 3.63) is 35.2 Å². The van der Waals surface area contributed by atoms with E-state index in [1.807, 2.05) is 32.9 Å². The van der Waals surface area contributed by atoms with Gasteiger partial charge in [-0.15, -0.1) is 0 Å². The number of ether oxygens (including phenoxy) is 1. The Morgan fingerprint density at radius 2 is 2.27 bits per heavy atom. The van der Waals surface area contributed by atoms with Crippen LogP contribution in [0.5, 0.6) is 5.88 Å². The van der Waals surface area contributed by atoms with Crippen molar-refractivity contribution in [2.75, 3.05) is 6.61 Å². The third kappa shape index (κ3) is 3.09. The van der Waals surface area contributed by atoms with E-state index >= 15 is 0 Å². The topological polar surface area (TPSA) is 87.6 Å². The highest BCUT2D eigenvalue weighted by atomic mass is 16.5. The summed E-state index contributed by atoms with van der Waals surface area (Å²) in [6, 6.07) is 7.23. The maximum atomic E-state index is 11.1. The molecule has 2 heterocycles. The Morgan fingerprint density at radius 1 is 1.55 bits per heavy atom. The van der Waals surface area contributed by atoms with Crippen molar-refractivity contribution in [3.63, 3.8) is 0 Å². The fourth-order valence-corrected chi connectivity index (χ4v) is 2.02. The van der Waals surface area contributed by atoms with Gasteiger partial charge < -0.3 is 9.84 Å². The lowest BCUT2D eigenvalue weighted by molar-refractivity contribution is -0.132. The summed E-state index contributed by atoms with van der Waals surface area (Å²) in [5.41, 5.74) is 1.62. The number of nitrogens with zero attached hydrogens (tertiary/aromatic N) is 3. The Kier molecular flexibility index (Phi) is 4.47. The smallest absolute Gasteiger partial charge is 0.346 e. The van der Waals surface area contributed by atoms with Crippen molar-refractivity contribution in [1.82, 2.24) is 9.38 Å². The van der Waals surface area contributed by atoms with Crippen LogP contribution in [0.2, 0.25) is 0 Å². The molecule has 0 fully saturated rings. The second-order valence-corrected chi connectivity index (χ2v) is 5.34. The number of hydrogen-bond acceptors (Lipinski definition) is 4. The number of carboxylic acid groups (broad SMARTS) is 1. The number of carbonyl (C=O) groups is 1. The third-order valence-electron chi connectivity index (χ3n) is 3.03. The van der Waals surface area contributed by atoms with Crippen LogP contribution in [0.4, 0.5) is 0 Å². The molecule has 0 spiro atoms. The normalized spacial score (nSPS) is 11.7. The summed E-state index contributed by atoms with van der Waals surface area (Å²) < 4.78 is 7.46. The summed E-state index contributed by atoms with van der Waals surface area (Å²) in [6.07, 6.45) is 1.30. The Bertz CT molecular complexity index is 782. The Balaban J connectivity index is 2.64. The first-order valence-electron chi connectivity index (χ1n) is 6.90. The Labute approximate surface area is 128 Å². The highest BCUT2D eigenvalue weighted by Gasteiger charge is 2.16. The molecule has 2 aromatic rings. The number of hydrogen-bond donors (Lipinski definition) is 1. The van der Waals surface area contributed by atoms with Crippen LogP contribution in [-0.2, 0) is 4.79 Å². The molecule has 0 radical (unpaired) electrons. The zero-order valence-electron chi connectivity index (χ0n) is 12.7. The quantitative estimate of drug-likeness (QED) is 0.677. The van der Waals surface area contributed by atoms with Gasteiger partial charge in [-0.2, -0.15) is 10.2 Å². The average molecular weight is 299 g/mol. The third-order valence-corrected chi connectivity index (χ3v) is 3.03. The minimum Gasteiger partial charge on any atom is -0.477 e. The molecule has 6 heteroatoms. The molecule has 6 nitrogen and oxygen atoms in total. The number of aliphatic carboxylic acids is 1. The number of aryl methyl sites for hydroxylation is 1. The standard InChI is InChI=1S/C16H17N3O3/c1-10(2)9-22-15-13(7-12(8-17)16(20)21)19-11(3)5-4-6-14(19)18-15/h4-7,10H,9H2,1-3H3,(H,20,21). The molecule has 0 saturated carbocycles. The number of aromatic nitrogens is 2. The zero-order chi connectivity index (χ0) is 16.3. The summed E-state index contributed by atoms with van der Waals surface area (Å²) >= 11 is 0. The van der Waals surface area contributed by atoms with E-state index in [0.29, 0.717) is 29.7 Å². The largest absolute Gasteiger partial charge is 0.477 e. The number of imidazole rings is 1. The van der Waals surface area contributed by atoms with Crippen LogP contribution in [0.15, 0.2) is 23.8 Å². The molecule has 0 saturated heterocycles. The molecular weight excluding hydrogens is 282 g/mol. The number of nitriles is 1. The van der Waals surface area contributed by atoms with Gasteiger partial charge in [-0.25, -0.2) is 4.79 Å². The maximum Gasteiger partial charge on any atom is 0.346 e. The summed E-state index contributed by atoms with van der Waals surface area (Å²) in [4.78, 5) is 15.5. The van der Waals surface area contributed by atoms with Gasteiger partial charge in [0.25, 0.3) is 0 Å². The van der Waals surface area contributed by atoms with Crippen LogP contribution < -0.4 is 4.74 Å². The van der Waals surface area contributed by atoms with Gasteiger partial charge in [0.15, 0.2) is 0 Å².